The van der Waals surface area contributed by atoms with Crippen molar-refractivity contribution in [3.63, 3.8) is 0 Å². The summed E-state index contributed by atoms with van der Waals surface area (Å²) < 4.78 is 121. The van der Waals surface area contributed by atoms with Crippen LogP contribution in [-0.2, 0) is 42.4 Å². The van der Waals surface area contributed by atoms with Crippen LogP contribution in [0.15, 0.2) is 24.3 Å². The molecule has 0 radical (unpaired) electrons. The first-order chi connectivity index (χ1) is 24.5. The van der Waals surface area contributed by atoms with Gasteiger partial charge in [0.25, 0.3) is 0 Å². The van der Waals surface area contributed by atoms with Gasteiger partial charge in [-0.05, 0) is 89.1 Å². The molecule has 312 valence electrons. The summed E-state index contributed by atoms with van der Waals surface area (Å²) in [7, 11) is -9.81. The van der Waals surface area contributed by atoms with Gasteiger partial charge in [0.05, 0.1) is 14.2 Å². The largest absolute Gasteiger partial charge is 1.00 e. The van der Waals surface area contributed by atoms with Crippen molar-refractivity contribution in [1.29, 1.82) is 0 Å². The Kier molecular flexibility index (Phi) is 18.0. The Morgan fingerprint density at radius 2 is 1.00 bits per heavy atom. The molecule has 2 fully saturated rings. The molecule has 0 aliphatic heterocycles. The molecule has 2 aromatic carbocycles. The molecule has 0 spiro atoms. The summed E-state index contributed by atoms with van der Waals surface area (Å²) >= 11 is 0. The van der Waals surface area contributed by atoms with Crippen molar-refractivity contribution in [2.75, 3.05) is 14.2 Å². The van der Waals surface area contributed by atoms with E-state index >= 15 is 0 Å². The second-order valence-corrected chi connectivity index (χ2v) is 21.0. The van der Waals surface area contributed by atoms with Crippen LogP contribution in [0.2, 0.25) is 0 Å². The number of nitrogens with one attached hydrogen (secondary N) is 1. The zero-order valence-electron chi connectivity index (χ0n) is 32.0. The first-order valence-corrected chi connectivity index (χ1v) is 22.6. The standard InChI is InChI=1S/C35H53O2P.C2HF6NO4S2.Au/c1-23(2)26-21-29(24(3)4)33(30(22-26)25(5)6)34-31(36-7)19-20-32(37-8)35(34)38(27-15-11-9-12-16-27)28-17-13-10-14-18-28;3-1(4,5)14(10,11)9-15(12,13)2(6,7)8;/h19-25,27-28H,9-18H2,1-8H3;9H;/q;;+1. The third kappa shape index (κ3) is 11.6. The van der Waals surface area contributed by atoms with Gasteiger partial charge in [0.1, 0.15) is 11.5 Å². The van der Waals surface area contributed by atoms with Crippen molar-refractivity contribution in [2.24, 2.45) is 0 Å². The van der Waals surface area contributed by atoms with E-state index in [1.165, 1.54) is 97.3 Å². The Hall–Kier alpha value is -1.35. The smallest absolute Gasteiger partial charge is 0.496 e. The third-order valence-corrected chi connectivity index (χ3v) is 16.5. The van der Waals surface area contributed by atoms with Gasteiger partial charge < -0.3 is 9.47 Å². The second-order valence-electron chi connectivity index (χ2n) is 14.7. The Balaban J connectivity index is 0.000000536. The maximum atomic E-state index is 11.5. The molecule has 2 saturated carbocycles. The first kappa shape index (κ1) is 48.8. The van der Waals surface area contributed by atoms with Gasteiger partial charge in [0.2, 0.25) is 0 Å². The zero-order chi connectivity index (χ0) is 40.1. The minimum Gasteiger partial charge on any atom is -0.496 e. The van der Waals surface area contributed by atoms with Gasteiger partial charge in [0, 0.05) is 10.9 Å². The molecule has 0 unspecified atom stereocenters. The molecule has 17 heteroatoms. The van der Waals surface area contributed by atoms with Crippen molar-refractivity contribution < 1.29 is 75.0 Å². The van der Waals surface area contributed by atoms with Gasteiger partial charge in [-0.15, -0.1) is 0 Å². The Morgan fingerprint density at radius 1 is 0.630 bits per heavy atom. The second kappa shape index (κ2) is 19.9. The van der Waals surface area contributed by atoms with Gasteiger partial charge in [-0.2, -0.15) is 26.3 Å². The molecule has 0 aromatic heterocycles. The van der Waals surface area contributed by atoms with Crippen LogP contribution in [0.3, 0.4) is 0 Å². The van der Waals surface area contributed by atoms with Gasteiger partial charge in [-0.1, -0.05) is 104 Å². The van der Waals surface area contributed by atoms with Crippen LogP contribution in [0.25, 0.3) is 11.1 Å². The maximum Gasteiger partial charge on any atom is 1.00 e. The summed E-state index contributed by atoms with van der Waals surface area (Å²) in [6.07, 6.45) is 13.8. The summed E-state index contributed by atoms with van der Waals surface area (Å²) in [5.41, 5.74) is -3.53. The van der Waals surface area contributed by atoms with Crippen LogP contribution in [0.1, 0.15) is 140 Å². The van der Waals surface area contributed by atoms with E-state index in [0.717, 1.165) is 22.8 Å². The minimum atomic E-state index is -6.60. The molecule has 0 bridgehead atoms. The maximum absolute atomic E-state index is 11.5. The fourth-order valence-corrected chi connectivity index (χ4v) is 13.2. The topological polar surface area (TPSA) is 98.8 Å². The molecule has 4 rings (SSSR count). The van der Waals surface area contributed by atoms with E-state index in [0.29, 0.717) is 17.8 Å². The van der Waals surface area contributed by atoms with E-state index in [2.05, 4.69) is 65.8 Å². The number of hydrogen-bond acceptors (Lipinski definition) is 6. The zero-order valence-corrected chi connectivity index (χ0v) is 36.7. The van der Waals surface area contributed by atoms with Crippen LogP contribution < -0.4 is 18.9 Å². The third-order valence-electron chi connectivity index (χ3n) is 9.95. The van der Waals surface area contributed by atoms with Crippen LogP contribution in [0, 0.1) is 0 Å². The summed E-state index contributed by atoms with van der Waals surface area (Å²) in [6.45, 7) is 14.1. The van der Waals surface area contributed by atoms with Crippen molar-refractivity contribution in [3.05, 3.63) is 41.0 Å². The minimum absolute atomic E-state index is 0. The number of ether oxygens (including phenoxy) is 2. The van der Waals surface area contributed by atoms with Crippen molar-refractivity contribution in [1.82, 2.24) is 4.13 Å². The van der Waals surface area contributed by atoms with Crippen LogP contribution in [-0.4, -0.2) is 53.4 Å². The van der Waals surface area contributed by atoms with Crippen molar-refractivity contribution in [3.8, 4) is 22.6 Å². The summed E-state index contributed by atoms with van der Waals surface area (Å²) in [4.78, 5) is 0. The molecule has 0 amide bonds. The molecule has 54 heavy (non-hydrogen) atoms. The summed E-state index contributed by atoms with van der Waals surface area (Å²) in [5, 5.41) is 1.52. The molecule has 0 atom stereocenters. The van der Waals surface area contributed by atoms with Gasteiger partial charge in [0.15, 0.2) is 0 Å². The SMILES string of the molecule is COc1ccc(OC)c(P(C2CCCCC2)C2CCCCC2)c1-c1c(C(C)C)cc(C(C)C)cc1C(C)C.O=S(=O)(NS(=O)(=O)C(F)(F)F)C(F)(F)F.[Au+]. The van der Waals surface area contributed by atoms with Crippen molar-refractivity contribution >= 4 is 33.3 Å². The van der Waals surface area contributed by atoms with E-state index in [9.17, 15) is 43.2 Å². The number of benzene rings is 2. The average Bonchev–Trinajstić information content (AvgIpc) is 3.07. The summed E-state index contributed by atoms with van der Waals surface area (Å²) in [6, 6.07) is 9.40. The van der Waals surface area contributed by atoms with Crippen LogP contribution in [0.4, 0.5) is 26.3 Å². The molecule has 0 heterocycles. The summed E-state index contributed by atoms with van der Waals surface area (Å²) in [5.74, 6) is 3.50. The molecular formula is C37H54AuF6NO6PS2+. The van der Waals surface area contributed by atoms with Crippen LogP contribution >= 0.6 is 7.92 Å². The van der Waals surface area contributed by atoms with E-state index in [1.807, 2.05) is 14.2 Å². The number of rotatable bonds is 11. The van der Waals surface area contributed by atoms with Crippen LogP contribution in [0.5, 0.6) is 11.5 Å². The fraction of sp³-hybridized carbons (Fsp3) is 0.676. The van der Waals surface area contributed by atoms with E-state index in [4.69, 9.17) is 9.47 Å². The first-order valence-electron chi connectivity index (χ1n) is 18.1. The number of hydrogen-bond donors (Lipinski definition) is 1. The van der Waals surface area contributed by atoms with Gasteiger partial charge >= 0.3 is 53.4 Å². The fourth-order valence-electron chi connectivity index (χ4n) is 7.25. The monoisotopic (exact) mass is 1010 g/mol. The Bertz CT molecular complexity index is 1670. The quantitative estimate of drug-likeness (QED) is 0.137. The average molecular weight is 1010 g/mol. The molecule has 2 aliphatic carbocycles. The molecular weight excluding hydrogens is 960 g/mol. The van der Waals surface area contributed by atoms with E-state index < -0.39 is 35.2 Å². The number of alkyl halides is 6. The number of sulfonamides is 2. The molecule has 2 aromatic rings. The van der Waals surface area contributed by atoms with E-state index in [1.54, 1.807) is 0 Å². The molecule has 1 N–H and O–H groups in total. The number of methoxy groups -OCH3 is 2. The Morgan fingerprint density at radius 3 is 1.31 bits per heavy atom. The van der Waals surface area contributed by atoms with Gasteiger partial charge in [-0.25, -0.2) is 16.8 Å². The normalized spacial score (nSPS) is 16.7. The molecule has 7 nitrogen and oxygen atoms in total. The molecule has 0 saturated heterocycles. The Labute approximate surface area is 334 Å². The van der Waals surface area contributed by atoms with Gasteiger partial charge in [-0.3, -0.25) is 0 Å². The molecule has 2 aliphatic rings. The van der Waals surface area contributed by atoms with E-state index in [-0.39, 0.29) is 30.3 Å². The predicted molar refractivity (Wildman–Crippen MR) is 201 cm³/mol. The predicted octanol–water partition coefficient (Wildman–Crippen LogP) is 10.8. The van der Waals surface area contributed by atoms with Crippen molar-refractivity contribution in [2.45, 2.75) is 146 Å². The number of halogens is 6.